The van der Waals surface area contributed by atoms with Crippen molar-refractivity contribution in [2.75, 3.05) is 11.9 Å². The first-order chi connectivity index (χ1) is 16.0. The van der Waals surface area contributed by atoms with Gasteiger partial charge in [-0.15, -0.1) is 0 Å². The number of rotatable bonds is 6. The average molecular weight is 438 g/mol. The molecule has 5 nitrogen and oxygen atoms in total. The van der Waals surface area contributed by atoms with Crippen molar-refractivity contribution in [3.63, 3.8) is 0 Å². The molecule has 5 rings (SSSR count). The van der Waals surface area contributed by atoms with Crippen LogP contribution in [0.15, 0.2) is 79.0 Å². The number of nitrogens with one attached hydrogen (secondary N) is 2. The van der Waals surface area contributed by atoms with Gasteiger partial charge >= 0.3 is 0 Å². The number of aromatic amines is 1. The van der Waals surface area contributed by atoms with Crippen molar-refractivity contribution in [3.8, 4) is 0 Å². The summed E-state index contributed by atoms with van der Waals surface area (Å²) in [6.07, 6.45) is 2.21. The molecule has 2 heterocycles. The molecule has 1 aliphatic heterocycles. The second-order valence-corrected chi connectivity index (χ2v) is 8.85. The number of fused-ring (bicyclic) bond motifs is 2. The molecule has 1 atom stereocenters. The normalized spacial score (nSPS) is 15.3. The fourth-order valence-electron chi connectivity index (χ4n) is 4.65. The second-order valence-electron chi connectivity index (χ2n) is 8.85. The summed E-state index contributed by atoms with van der Waals surface area (Å²) in [5, 5.41) is 4.05. The third kappa shape index (κ3) is 3.91. The molecule has 0 radical (unpaired) electrons. The van der Waals surface area contributed by atoms with E-state index in [1.165, 1.54) is 5.56 Å². The van der Waals surface area contributed by atoms with Gasteiger partial charge in [0.05, 0.1) is 6.04 Å². The van der Waals surface area contributed by atoms with Gasteiger partial charge in [0, 0.05) is 46.9 Å². The number of benzene rings is 3. The molecule has 4 aromatic rings. The fraction of sp³-hybridized carbons (Fsp3) is 0.214. The minimum absolute atomic E-state index is 0.0324. The van der Waals surface area contributed by atoms with Crippen LogP contribution in [0.4, 0.5) is 5.69 Å². The highest BCUT2D eigenvalue weighted by Gasteiger charge is 2.38. The number of amides is 2. The molecule has 5 heteroatoms. The van der Waals surface area contributed by atoms with Gasteiger partial charge in [0.2, 0.25) is 5.91 Å². The van der Waals surface area contributed by atoms with E-state index in [9.17, 15) is 9.59 Å². The summed E-state index contributed by atoms with van der Waals surface area (Å²) < 4.78 is 0. The Balaban J connectivity index is 1.37. The van der Waals surface area contributed by atoms with E-state index < -0.39 is 0 Å². The van der Waals surface area contributed by atoms with E-state index in [0.29, 0.717) is 18.0 Å². The zero-order valence-corrected chi connectivity index (χ0v) is 18.8. The van der Waals surface area contributed by atoms with Crippen LogP contribution in [-0.4, -0.2) is 28.2 Å². The zero-order chi connectivity index (χ0) is 22.9. The van der Waals surface area contributed by atoms with E-state index >= 15 is 0 Å². The van der Waals surface area contributed by atoms with Crippen LogP contribution < -0.4 is 5.32 Å². The van der Waals surface area contributed by atoms with Crippen molar-refractivity contribution in [2.45, 2.75) is 32.2 Å². The van der Waals surface area contributed by atoms with Gasteiger partial charge in [0.15, 0.2) is 0 Å². The first-order valence-corrected chi connectivity index (χ1v) is 11.4. The molecule has 0 bridgehead atoms. The third-order valence-corrected chi connectivity index (χ3v) is 6.42. The highest BCUT2D eigenvalue weighted by Crippen LogP contribution is 2.41. The quantitative estimate of drug-likeness (QED) is 0.396. The molecule has 0 saturated carbocycles. The summed E-state index contributed by atoms with van der Waals surface area (Å²) >= 11 is 0. The van der Waals surface area contributed by atoms with E-state index in [2.05, 4.69) is 30.2 Å². The molecule has 2 amide bonds. The van der Waals surface area contributed by atoms with Crippen LogP contribution in [0.1, 0.15) is 59.3 Å². The fourth-order valence-corrected chi connectivity index (χ4v) is 4.65. The van der Waals surface area contributed by atoms with Crippen molar-refractivity contribution in [1.82, 2.24) is 9.88 Å². The first kappa shape index (κ1) is 21.0. The lowest BCUT2D eigenvalue weighted by atomic mass is 9.97. The van der Waals surface area contributed by atoms with Crippen molar-refractivity contribution in [2.24, 2.45) is 0 Å². The Morgan fingerprint density at radius 3 is 2.48 bits per heavy atom. The van der Waals surface area contributed by atoms with Crippen LogP contribution in [0.2, 0.25) is 0 Å². The molecule has 0 fully saturated rings. The summed E-state index contributed by atoms with van der Waals surface area (Å²) in [5.41, 5.74) is 5.78. The molecule has 0 spiro atoms. The molecule has 1 aliphatic rings. The van der Waals surface area contributed by atoms with Gasteiger partial charge < -0.3 is 15.2 Å². The Morgan fingerprint density at radius 1 is 0.970 bits per heavy atom. The number of para-hydroxylation sites is 1. The van der Waals surface area contributed by atoms with Crippen LogP contribution in [0, 0.1) is 0 Å². The Hall–Kier alpha value is -3.86. The van der Waals surface area contributed by atoms with Crippen LogP contribution in [0.3, 0.4) is 0 Å². The lowest BCUT2D eigenvalue weighted by Gasteiger charge is -2.25. The number of carbonyl (C=O) groups is 2. The number of hydrogen-bond donors (Lipinski definition) is 2. The first-order valence-electron chi connectivity index (χ1n) is 11.4. The second kappa shape index (κ2) is 8.58. The number of nitrogens with zero attached hydrogens (tertiary/aromatic N) is 1. The molecule has 1 aromatic heterocycles. The molecule has 3 aromatic carbocycles. The lowest BCUT2D eigenvalue weighted by Crippen LogP contribution is -2.32. The van der Waals surface area contributed by atoms with Crippen LogP contribution in [0.5, 0.6) is 0 Å². The van der Waals surface area contributed by atoms with Gasteiger partial charge in [-0.2, -0.15) is 0 Å². The number of anilines is 1. The highest BCUT2D eigenvalue weighted by molar-refractivity contribution is 6.01. The van der Waals surface area contributed by atoms with E-state index in [4.69, 9.17) is 0 Å². The minimum Gasteiger partial charge on any atom is -0.361 e. The summed E-state index contributed by atoms with van der Waals surface area (Å²) in [6, 6.07) is 23.5. The predicted molar refractivity (Wildman–Crippen MR) is 131 cm³/mol. The van der Waals surface area contributed by atoms with Gasteiger partial charge in [-0.25, -0.2) is 0 Å². The number of carbonyl (C=O) groups excluding carboxylic acids is 2. The lowest BCUT2D eigenvalue weighted by molar-refractivity contribution is -0.116. The summed E-state index contributed by atoms with van der Waals surface area (Å²) in [4.78, 5) is 31.2. The average Bonchev–Trinajstić information content (AvgIpc) is 3.37. The Labute approximate surface area is 193 Å². The monoisotopic (exact) mass is 437 g/mol. The SMILES string of the molecule is CC(C)c1ccc(NC(=O)CCN2C(=O)c3ccccc3[C@@H]2c2c[nH]c3ccccc23)cc1. The Kier molecular flexibility index (Phi) is 5.47. The van der Waals surface area contributed by atoms with Gasteiger partial charge in [0.25, 0.3) is 5.91 Å². The summed E-state index contributed by atoms with van der Waals surface area (Å²) in [6.45, 7) is 4.62. The molecule has 0 unspecified atom stereocenters. The van der Waals surface area contributed by atoms with Crippen LogP contribution >= 0.6 is 0 Å². The number of H-pyrrole nitrogens is 1. The number of aromatic nitrogens is 1. The molecule has 2 N–H and O–H groups in total. The highest BCUT2D eigenvalue weighted by atomic mass is 16.2. The van der Waals surface area contributed by atoms with Crippen molar-refractivity contribution < 1.29 is 9.59 Å². The summed E-state index contributed by atoms with van der Waals surface area (Å²) in [7, 11) is 0. The Bertz CT molecular complexity index is 1320. The minimum atomic E-state index is -0.219. The summed E-state index contributed by atoms with van der Waals surface area (Å²) in [5.74, 6) is 0.308. The molecule has 33 heavy (non-hydrogen) atoms. The molecular weight excluding hydrogens is 410 g/mol. The number of hydrogen-bond acceptors (Lipinski definition) is 2. The predicted octanol–water partition coefficient (Wildman–Crippen LogP) is 5.87. The molecule has 0 saturated heterocycles. The topological polar surface area (TPSA) is 65.2 Å². The Morgan fingerprint density at radius 2 is 1.70 bits per heavy atom. The van der Waals surface area contributed by atoms with E-state index in [-0.39, 0.29) is 24.3 Å². The standard InChI is InChI=1S/C28H27N3O2/c1-18(2)19-11-13-20(14-12-19)30-26(32)15-16-31-27(22-8-3-4-9-23(22)28(31)33)24-17-29-25-10-6-5-7-21(24)25/h3-14,17-18,27,29H,15-16H2,1-2H3,(H,30,32)/t27-/m1/s1. The zero-order valence-electron chi connectivity index (χ0n) is 18.8. The maximum atomic E-state index is 13.3. The van der Waals surface area contributed by atoms with Crippen molar-refractivity contribution in [3.05, 3.63) is 101 Å². The smallest absolute Gasteiger partial charge is 0.255 e. The van der Waals surface area contributed by atoms with Crippen molar-refractivity contribution in [1.29, 1.82) is 0 Å². The maximum absolute atomic E-state index is 13.3. The maximum Gasteiger partial charge on any atom is 0.255 e. The van der Waals surface area contributed by atoms with Gasteiger partial charge in [-0.1, -0.05) is 62.4 Å². The molecule has 0 aliphatic carbocycles. The van der Waals surface area contributed by atoms with E-state index in [1.807, 2.05) is 77.8 Å². The molecule has 166 valence electrons. The van der Waals surface area contributed by atoms with E-state index in [1.54, 1.807) is 0 Å². The van der Waals surface area contributed by atoms with E-state index in [0.717, 1.165) is 27.7 Å². The third-order valence-electron chi connectivity index (χ3n) is 6.42. The van der Waals surface area contributed by atoms with Gasteiger partial charge in [-0.3, -0.25) is 9.59 Å². The van der Waals surface area contributed by atoms with Gasteiger partial charge in [0.1, 0.15) is 0 Å². The van der Waals surface area contributed by atoms with Crippen LogP contribution in [0.25, 0.3) is 10.9 Å². The van der Waals surface area contributed by atoms with Crippen molar-refractivity contribution >= 4 is 28.4 Å². The largest absolute Gasteiger partial charge is 0.361 e. The van der Waals surface area contributed by atoms with Gasteiger partial charge in [-0.05, 0) is 41.3 Å². The molecular formula is C28H27N3O2. The van der Waals surface area contributed by atoms with Crippen LogP contribution in [-0.2, 0) is 4.79 Å².